The van der Waals surface area contributed by atoms with Gasteiger partial charge in [-0.25, -0.2) is 0 Å². The molecule has 1 heterocycles. The van der Waals surface area contributed by atoms with Crippen LogP contribution in [0.25, 0.3) is 0 Å². The lowest BCUT2D eigenvalue weighted by atomic mass is 9.81. The van der Waals surface area contributed by atoms with Crippen LogP contribution in [0.3, 0.4) is 0 Å². The maximum atomic E-state index is 12.0. The standard InChI is InChI=1S/C13H15NO/c1-14-10-6-3-2-5-9(10)13-11(14)7-4-8-12(13)15/h2-3,5-6,11,13H,4,7-8H2,1H3/t11-,13-/m1/s1. The first-order chi connectivity index (χ1) is 7.29. The fourth-order valence-corrected chi connectivity index (χ4v) is 3.07. The molecular formula is C13H15NO. The number of para-hydroxylation sites is 1. The predicted molar refractivity (Wildman–Crippen MR) is 60.2 cm³/mol. The fourth-order valence-electron chi connectivity index (χ4n) is 3.07. The Morgan fingerprint density at radius 1 is 1.33 bits per heavy atom. The van der Waals surface area contributed by atoms with Gasteiger partial charge in [-0.2, -0.15) is 0 Å². The molecule has 0 amide bonds. The largest absolute Gasteiger partial charge is 0.370 e. The van der Waals surface area contributed by atoms with Crippen LogP contribution in [0.1, 0.15) is 30.7 Å². The average Bonchev–Trinajstić information content (AvgIpc) is 2.55. The summed E-state index contributed by atoms with van der Waals surface area (Å²) < 4.78 is 0. The molecule has 0 unspecified atom stereocenters. The molecule has 1 aromatic rings. The highest BCUT2D eigenvalue weighted by Crippen LogP contribution is 2.44. The highest BCUT2D eigenvalue weighted by atomic mass is 16.1. The fraction of sp³-hybridized carbons (Fsp3) is 0.462. The second kappa shape index (κ2) is 3.09. The highest BCUT2D eigenvalue weighted by Gasteiger charge is 2.42. The van der Waals surface area contributed by atoms with Gasteiger partial charge in [-0.05, 0) is 24.5 Å². The zero-order valence-corrected chi connectivity index (χ0v) is 8.94. The molecule has 0 bridgehead atoms. The normalized spacial score (nSPS) is 28.9. The Kier molecular flexibility index (Phi) is 1.84. The Labute approximate surface area is 89.9 Å². The van der Waals surface area contributed by atoms with Gasteiger partial charge in [0.1, 0.15) is 5.78 Å². The number of carbonyl (C=O) groups is 1. The molecule has 1 aliphatic carbocycles. The molecule has 78 valence electrons. The van der Waals surface area contributed by atoms with E-state index in [4.69, 9.17) is 0 Å². The van der Waals surface area contributed by atoms with Crippen molar-refractivity contribution in [1.29, 1.82) is 0 Å². The van der Waals surface area contributed by atoms with Gasteiger partial charge in [-0.3, -0.25) is 4.79 Å². The Morgan fingerprint density at radius 2 is 2.13 bits per heavy atom. The molecule has 2 heteroatoms. The number of Topliss-reactive ketones (excluding diaryl/α,β-unsaturated/α-hetero) is 1. The van der Waals surface area contributed by atoms with Crippen LogP contribution < -0.4 is 4.90 Å². The van der Waals surface area contributed by atoms with Crippen molar-refractivity contribution in [2.24, 2.45) is 0 Å². The van der Waals surface area contributed by atoms with E-state index in [-0.39, 0.29) is 5.92 Å². The van der Waals surface area contributed by atoms with E-state index in [1.807, 2.05) is 6.07 Å². The summed E-state index contributed by atoms with van der Waals surface area (Å²) in [5.74, 6) is 0.586. The van der Waals surface area contributed by atoms with Gasteiger partial charge < -0.3 is 4.90 Å². The number of benzene rings is 1. The van der Waals surface area contributed by atoms with Crippen LogP contribution >= 0.6 is 0 Å². The number of hydrogen-bond acceptors (Lipinski definition) is 2. The van der Waals surface area contributed by atoms with Gasteiger partial charge in [0.05, 0.1) is 5.92 Å². The molecule has 0 spiro atoms. The van der Waals surface area contributed by atoms with Crippen molar-refractivity contribution in [3.63, 3.8) is 0 Å². The van der Waals surface area contributed by atoms with Gasteiger partial charge in [0.15, 0.2) is 0 Å². The van der Waals surface area contributed by atoms with Gasteiger partial charge >= 0.3 is 0 Å². The highest BCUT2D eigenvalue weighted by molar-refractivity contribution is 5.91. The Hall–Kier alpha value is -1.31. The van der Waals surface area contributed by atoms with Crippen LogP contribution in [-0.4, -0.2) is 18.9 Å². The Morgan fingerprint density at radius 3 is 3.00 bits per heavy atom. The number of hydrogen-bond donors (Lipinski definition) is 0. The number of ketones is 1. The van der Waals surface area contributed by atoms with E-state index in [1.165, 1.54) is 11.3 Å². The summed E-state index contributed by atoms with van der Waals surface area (Å²) in [5, 5.41) is 0. The zero-order chi connectivity index (χ0) is 10.4. The number of rotatable bonds is 0. The van der Waals surface area contributed by atoms with Crippen LogP contribution in [0, 0.1) is 0 Å². The van der Waals surface area contributed by atoms with Crippen LogP contribution in [0.15, 0.2) is 24.3 Å². The zero-order valence-electron chi connectivity index (χ0n) is 8.94. The minimum atomic E-state index is 0.153. The van der Waals surface area contributed by atoms with Crippen LogP contribution in [0.5, 0.6) is 0 Å². The second-order valence-electron chi connectivity index (χ2n) is 4.57. The predicted octanol–water partition coefficient (Wildman–Crippen LogP) is 2.34. The molecule has 0 aromatic heterocycles. The van der Waals surface area contributed by atoms with E-state index in [0.29, 0.717) is 11.8 Å². The molecular weight excluding hydrogens is 186 g/mol. The molecule has 15 heavy (non-hydrogen) atoms. The van der Waals surface area contributed by atoms with E-state index in [9.17, 15) is 4.79 Å². The Balaban J connectivity index is 2.12. The van der Waals surface area contributed by atoms with E-state index in [2.05, 4.69) is 30.1 Å². The van der Waals surface area contributed by atoms with Gasteiger partial charge in [-0.15, -0.1) is 0 Å². The quantitative estimate of drug-likeness (QED) is 0.642. The maximum Gasteiger partial charge on any atom is 0.142 e. The molecule has 1 saturated carbocycles. The first kappa shape index (κ1) is 8.96. The van der Waals surface area contributed by atoms with Crippen LogP contribution in [0.2, 0.25) is 0 Å². The molecule has 2 nitrogen and oxygen atoms in total. The second-order valence-corrected chi connectivity index (χ2v) is 4.57. The lowest BCUT2D eigenvalue weighted by Gasteiger charge is -2.29. The smallest absolute Gasteiger partial charge is 0.142 e. The molecule has 2 aliphatic rings. The minimum Gasteiger partial charge on any atom is -0.370 e. The van der Waals surface area contributed by atoms with Crippen molar-refractivity contribution < 1.29 is 4.79 Å². The third-order valence-electron chi connectivity index (χ3n) is 3.80. The molecule has 1 aliphatic heterocycles. The molecule has 0 N–H and O–H groups in total. The number of fused-ring (bicyclic) bond motifs is 3. The van der Waals surface area contributed by atoms with E-state index in [1.54, 1.807) is 0 Å². The van der Waals surface area contributed by atoms with Gasteiger partial charge in [0.2, 0.25) is 0 Å². The Bertz CT molecular complexity index is 413. The first-order valence-corrected chi connectivity index (χ1v) is 5.63. The van der Waals surface area contributed by atoms with Gasteiger partial charge in [0, 0.05) is 25.2 Å². The molecule has 2 atom stereocenters. The monoisotopic (exact) mass is 201 g/mol. The van der Waals surface area contributed by atoms with Crippen molar-refractivity contribution in [1.82, 2.24) is 0 Å². The van der Waals surface area contributed by atoms with Crippen molar-refractivity contribution in [2.75, 3.05) is 11.9 Å². The van der Waals surface area contributed by atoms with Crippen molar-refractivity contribution in [2.45, 2.75) is 31.2 Å². The van der Waals surface area contributed by atoms with E-state index >= 15 is 0 Å². The lowest BCUT2D eigenvalue weighted by molar-refractivity contribution is -0.122. The van der Waals surface area contributed by atoms with Crippen LogP contribution in [0.4, 0.5) is 5.69 Å². The van der Waals surface area contributed by atoms with Crippen LogP contribution in [-0.2, 0) is 4.79 Å². The molecule has 1 fully saturated rings. The van der Waals surface area contributed by atoms with E-state index in [0.717, 1.165) is 19.3 Å². The van der Waals surface area contributed by atoms with E-state index < -0.39 is 0 Å². The maximum absolute atomic E-state index is 12.0. The van der Waals surface area contributed by atoms with Gasteiger partial charge in [-0.1, -0.05) is 18.2 Å². The van der Waals surface area contributed by atoms with Crippen molar-refractivity contribution in [3.8, 4) is 0 Å². The topological polar surface area (TPSA) is 20.3 Å². The lowest BCUT2D eigenvalue weighted by Crippen LogP contribution is -2.36. The molecule has 1 aromatic carbocycles. The SMILES string of the molecule is CN1c2ccccc2[C@H]2C(=O)CCC[C@H]21. The molecule has 0 saturated heterocycles. The van der Waals surface area contributed by atoms with Crippen molar-refractivity contribution >= 4 is 11.5 Å². The van der Waals surface area contributed by atoms with Gasteiger partial charge in [0.25, 0.3) is 0 Å². The first-order valence-electron chi connectivity index (χ1n) is 5.63. The third kappa shape index (κ3) is 1.14. The summed E-state index contributed by atoms with van der Waals surface area (Å²) in [6.07, 6.45) is 2.98. The summed E-state index contributed by atoms with van der Waals surface area (Å²) in [5.41, 5.74) is 2.50. The average molecular weight is 201 g/mol. The minimum absolute atomic E-state index is 0.153. The molecule has 0 radical (unpaired) electrons. The summed E-state index contributed by atoms with van der Waals surface area (Å²) in [6, 6.07) is 8.75. The number of carbonyl (C=O) groups excluding carboxylic acids is 1. The molecule has 3 rings (SSSR count). The third-order valence-corrected chi connectivity index (χ3v) is 3.80. The summed E-state index contributed by atoms with van der Waals surface area (Å²) in [6.45, 7) is 0. The summed E-state index contributed by atoms with van der Waals surface area (Å²) in [7, 11) is 2.11. The summed E-state index contributed by atoms with van der Waals surface area (Å²) >= 11 is 0. The summed E-state index contributed by atoms with van der Waals surface area (Å²) in [4.78, 5) is 14.2. The number of likely N-dealkylation sites (N-methyl/N-ethyl adjacent to an activating group) is 1. The number of anilines is 1. The number of nitrogens with zero attached hydrogens (tertiary/aromatic N) is 1. The van der Waals surface area contributed by atoms with Crippen molar-refractivity contribution in [3.05, 3.63) is 29.8 Å².